The third-order valence-corrected chi connectivity index (χ3v) is 11.4. The van der Waals surface area contributed by atoms with Crippen LogP contribution in [0.2, 0.25) is 0 Å². The normalized spacial score (nSPS) is 14.8. The van der Waals surface area contributed by atoms with Crippen molar-refractivity contribution >= 4 is 0 Å². The summed E-state index contributed by atoms with van der Waals surface area (Å²) < 4.78 is 0. The fraction of sp³-hybridized carbons (Fsp3) is 0.0385. The van der Waals surface area contributed by atoms with Crippen LogP contribution in [0, 0.1) is 0 Å². The average Bonchev–Trinajstić information content (AvgIpc) is 3.29. The molecule has 2 aromatic heterocycles. The van der Waals surface area contributed by atoms with E-state index < -0.39 is 0 Å². The highest BCUT2D eigenvalue weighted by molar-refractivity contribution is 5.78. The molecule has 12 rings (SSSR count). The molecule has 7 aromatic carbocycles. The Balaban J connectivity index is 0.941. The number of pyridine rings is 1. The van der Waals surface area contributed by atoms with Crippen molar-refractivity contribution in [3.05, 3.63) is 228 Å². The Morgan fingerprint density at radius 2 is 0.625 bits per heavy atom. The summed E-state index contributed by atoms with van der Waals surface area (Å²) in [7, 11) is 0. The van der Waals surface area contributed by atoms with Crippen LogP contribution >= 0.6 is 0 Å². The van der Waals surface area contributed by atoms with Crippen LogP contribution in [0.25, 0.3) is 67.5 Å². The van der Waals surface area contributed by atoms with Crippen LogP contribution in [0.5, 0.6) is 0 Å². The number of benzene rings is 7. The molecule has 0 amide bonds. The summed E-state index contributed by atoms with van der Waals surface area (Å²) >= 11 is 0. The van der Waals surface area contributed by atoms with Crippen molar-refractivity contribution in [3.63, 3.8) is 0 Å². The molecule has 2 unspecified atom stereocenters. The third kappa shape index (κ3) is 5.46. The molecule has 4 heteroatoms. The van der Waals surface area contributed by atoms with Gasteiger partial charge in [0.05, 0.1) is 0 Å². The molecule has 3 aliphatic carbocycles. The van der Waals surface area contributed by atoms with Crippen molar-refractivity contribution in [2.75, 3.05) is 0 Å². The van der Waals surface area contributed by atoms with Crippen LogP contribution < -0.4 is 0 Å². The molecule has 3 aliphatic rings. The van der Waals surface area contributed by atoms with Crippen molar-refractivity contribution in [1.29, 1.82) is 0 Å². The molecule has 0 saturated heterocycles. The zero-order valence-corrected chi connectivity index (χ0v) is 30.4. The second kappa shape index (κ2) is 13.2. The lowest BCUT2D eigenvalue weighted by Crippen LogP contribution is -2.27. The molecule has 2 atom stereocenters. The van der Waals surface area contributed by atoms with Crippen LogP contribution in [0.15, 0.2) is 194 Å². The summed E-state index contributed by atoms with van der Waals surface area (Å²) in [6, 6.07) is 65.1. The zero-order valence-electron chi connectivity index (χ0n) is 30.4. The summed E-state index contributed by atoms with van der Waals surface area (Å²) in [4.78, 5) is 19.1. The summed E-state index contributed by atoms with van der Waals surface area (Å²) in [5, 5.41) is 0. The molecule has 0 N–H and O–H groups in total. The van der Waals surface area contributed by atoms with E-state index in [1.165, 1.54) is 55.6 Å². The van der Waals surface area contributed by atoms with Gasteiger partial charge in [0.1, 0.15) is 0 Å². The highest BCUT2D eigenvalue weighted by Crippen LogP contribution is 2.56. The first kappa shape index (κ1) is 32.2. The minimum Gasteiger partial charge on any atom is -0.264 e. The second-order valence-corrected chi connectivity index (χ2v) is 14.6. The first-order valence-electron chi connectivity index (χ1n) is 19.1. The minimum atomic E-state index is 0.181. The quantitative estimate of drug-likeness (QED) is 0.172. The highest BCUT2D eigenvalue weighted by Gasteiger charge is 2.41. The van der Waals surface area contributed by atoms with Gasteiger partial charge >= 0.3 is 0 Å². The van der Waals surface area contributed by atoms with Gasteiger partial charge in [-0.25, -0.2) is 15.0 Å². The van der Waals surface area contributed by atoms with E-state index in [2.05, 4.69) is 120 Å². The number of nitrogens with zero attached hydrogens (tertiary/aromatic N) is 4. The van der Waals surface area contributed by atoms with Crippen molar-refractivity contribution in [2.24, 2.45) is 0 Å². The van der Waals surface area contributed by atoms with Crippen molar-refractivity contribution < 1.29 is 0 Å². The van der Waals surface area contributed by atoms with E-state index in [9.17, 15) is 0 Å². The second-order valence-electron chi connectivity index (χ2n) is 14.6. The molecule has 4 nitrogen and oxygen atoms in total. The molecular formula is C52H34N4. The summed E-state index contributed by atoms with van der Waals surface area (Å²) in [5.74, 6) is 2.35. The Morgan fingerprint density at radius 1 is 0.268 bits per heavy atom. The maximum absolute atomic E-state index is 4.95. The molecule has 0 aliphatic heterocycles. The summed E-state index contributed by atoms with van der Waals surface area (Å²) in [6.45, 7) is 0. The van der Waals surface area contributed by atoms with Crippen molar-refractivity contribution in [3.8, 4) is 67.5 Å². The largest absolute Gasteiger partial charge is 0.264 e. The third-order valence-electron chi connectivity index (χ3n) is 11.4. The Hall–Kier alpha value is -7.30. The zero-order chi connectivity index (χ0) is 37.0. The molecule has 262 valence electrons. The Labute approximate surface area is 325 Å². The molecule has 56 heavy (non-hydrogen) atoms. The van der Waals surface area contributed by atoms with E-state index in [-0.39, 0.29) is 11.8 Å². The van der Waals surface area contributed by atoms with Gasteiger partial charge < -0.3 is 0 Å². The van der Waals surface area contributed by atoms with Gasteiger partial charge in [0, 0.05) is 40.9 Å². The van der Waals surface area contributed by atoms with E-state index in [1.807, 2.05) is 79.1 Å². The molecule has 0 spiro atoms. The lowest BCUT2D eigenvalue weighted by atomic mass is 9.60. The van der Waals surface area contributed by atoms with Gasteiger partial charge in [0.25, 0.3) is 0 Å². The Morgan fingerprint density at radius 3 is 1.07 bits per heavy atom. The monoisotopic (exact) mass is 714 g/mol. The van der Waals surface area contributed by atoms with Gasteiger partial charge in [-0.05, 0) is 85.0 Å². The first-order chi connectivity index (χ1) is 27.7. The van der Waals surface area contributed by atoms with E-state index in [0.717, 1.165) is 27.8 Å². The Bertz CT molecular complexity index is 2830. The maximum atomic E-state index is 4.95. The van der Waals surface area contributed by atoms with Gasteiger partial charge in [0.15, 0.2) is 17.5 Å². The predicted octanol–water partition coefficient (Wildman–Crippen LogP) is 12.3. The highest BCUT2D eigenvalue weighted by atomic mass is 15.0. The molecule has 0 saturated carbocycles. The van der Waals surface area contributed by atoms with E-state index in [4.69, 9.17) is 15.0 Å². The van der Waals surface area contributed by atoms with Crippen LogP contribution in [-0.4, -0.2) is 19.9 Å². The predicted molar refractivity (Wildman–Crippen MR) is 225 cm³/mol. The maximum Gasteiger partial charge on any atom is 0.164 e. The average molecular weight is 715 g/mol. The number of hydrogen-bond acceptors (Lipinski definition) is 4. The van der Waals surface area contributed by atoms with Gasteiger partial charge in [-0.15, -0.1) is 0 Å². The number of rotatable bonds is 6. The lowest BCUT2D eigenvalue weighted by molar-refractivity contribution is 0.755. The van der Waals surface area contributed by atoms with Gasteiger partial charge in [-0.3, -0.25) is 4.98 Å². The standard InChI is InChI=1S/C52H34N4/c1-3-10-36(11-4-1)50-54-51(37-12-5-2-6-13-37)56-52(55-50)38-23-21-34(22-24-38)40-26-28-45-47(31-40)49-43-16-8-7-15-42(43)48(45)46-30-39(25-27-44(46)49)33-17-19-35(20-18-33)41-14-9-29-53-32-41/h1-32,48-49H. The fourth-order valence-electron chi connectivity index (χ4n) is 8.71. The van der Waals surface area contributed by atoms with Crippen LogP contribution in [0.4, 0.5) is 0 Å². The van der Waals surface area contributed by atoms with Crippen LogP contribution in [0.1, 0.15) is 45.2 Å². The van der Waals surface area contributed by atoms with E-state index in [1.54, 1.807) is 0 Å². The van der Waals surface area contributed by atoms with Crippen molar-refractivity contribution in [2.45, 2.75) is 11.8 Å². The van der Waals surface area contributed by atoms with Crippen molar-refractivity contribution in [1.82, 2.24) is 19.9 Å². The molecule has 9 aromatic rings. The Kier molecular flexibility index (Phi) is 7.59. The molecular weight excluding hydrogens is 681 g/mol. The fourth-order valence-corrected chi connectivity index (χ4v) is 8.71. The number of aromatic nitrogens is 4. The van der Waals surface area contributed by atoms with Gasteiger partial charge in [0.2, 0.25) is 0 Å². The van der Waals surface area contributed by atoms with E-state index >= 15 is 0 Å². The molecule has 2 bridgehead atoms. The minimum absolute atomic E-state index is 0.181. The van der Waals surface area contributed by atoms with Gasteiger partial charge in [-0.2, -0.15) is 0 Å². The lowest BCUT2D eigenvalue weighted by Gasteiger charge is -2.42. The van der Waals surface area contributed by atoms with Gasteiger partial charge in [-0.1, -0.05) is 164 Å². The SMILES string of the molecule is c1ccc(-c2nc(-c3ccccc3)nc(-c3ccc(-c4ccc5c(c4)C4c6ccccc6C5c5cc(-c6ccc(-c7cccnc7)cc6)ccc54)cc3)n2)cc1. The molecule has 0 fully saturated rings. The van der Waals surface area contributed by atoms with Crippen LogP contribution in [0.3, 0.4) is 0 Å². The smallest absolute Gasteiger partial charge is 0.164 e. The summed E-state index contributed by atoms with van der Waals surface area (Å²) in [5.41, 5.74) is 18.5. The molecule has 0 radical (unpaired) electrons. The van der Waals surface area contributed by atoms with Crippen LogP contribution in [-0.2, 0) is 0 Å². The number of hydrogen-bond donors (Lipinski definition) is 0. The topological polar surface area (TPSA) is 51.6 Å². The van der Waals surface area contributed by atoms with E-state index in [0.29, 0.717) is 17.5 Å². The first-order valence-corrected chi connectivity index (χ1v) is 19.1. The molecule has 2 heterocycles. The summed E-state index contributed by atoms with van der Waals surface area (Å²) in [6.07, 6.45) is 3.73.